The molecule has 0 aromatic heterocycles. The molecule has 2 aliphatic carbocycles. The molecule has 33 heavy (non-hydrogen) atoms. The third-order valence-corrected chi connectivity index (χ3v) is 7.74. The molecule has 0 radical (unpaired) electrons. The largest absolute Gasteiger partial charge is 0.501 e. The maximum absolute atomic E-state index is 9.97. The molecule has 180 valence electrons. The van der Waals surface area contributed by atoms with Gasteiger partial charge in [0.05, 0.1) is 25.8 Å². The van der Waals surface area contributed by atoms with Crippen LogP contribution in [0.2, 0.25) is 0 Å². The van der Waals surface area contributed by atoms with Crippen molar-refractivity contribution in [3.63, 3.8) is 0 Å². The summed E-state index contributed by atoms with van der Waals surface area (Å²) in [7, 11) is 1.71. The zero-order valence-electron chi connectivity index (χ0n) is 19.0. The van der Waals surface area contributed by atoms with Gasteiger partial charge < -0.3 is 24.1 Å². The fourth-order valence-electron chi connectivity index (χ4n) is 5.91. The van der Waals surface area contributed by atoms with Crippen molar-refractivity contribution in [2.45, 2.75) is 94.0 Å². The zero-order valence-corrected chi connectivity index (χ0v) is 19.0. The average Bonchev–Trinajstić information content (AvgIpc) is 3.63. The third kappa shape index (κ3) is 3.91. The molecule has 2 N–H and O–H groups in total. The van der Waals surface area contributed by atoms with Gasteiger partial charge in [-0.3, -0.25) is 20.2 Å². The molecule has 8 atom stereocenters. The number of rotatable bonds is 6. The average molecular weight is 460 g/mol. The van der Waals surface area contributed by atoms with E-state index in [4.69, 9.17) is 23.9 Å². The summed E-state index contributed by atoms with van der Waals surface area (Å²) in [5, 5.41) is 13.6. The summed E-state index contributed by atoms with van der Waals surface area (Å²) < 4.78 is 24.3. The second-order valence-corrected chi connectivity index (χ2v) is 9.69. The predicted octanol–water partition coefficient (Wildman–Crippen LogP) is 1.16. The molecular formula is C23H33N5O5. The topological polar surface area (TPSA) is 110 Å². The van der Waals surface area contributed by atoms with Crippen LogP contribution in [-0.4, -0.2) is 91.3 Å². The van der Waals surface area contributed by atoms with Crippen molar-refractivity contribution < 1.29 is 24.1 Å². The molecule has 0 amide bonds. The lowest BCUT2D eigenvalue weighted by Crippen LogP contribution is -2.52. The molecule has 2 saturated heterocycles. The first-order chi connectivity index (χ1) is 16.2. The number of fused-ring (bicyclic) bond motifs is 2. The van der Waals surface area contributed by atoms with Crippen molar-refractivity contribution in [2.24, 2.45) is 20.9 Å². The number of aliphatic hydroxyl groups excluding tert-OH is 1. The quantitative estimate of drug-likeness (QED) is 0.613. The fraction of sp³-hybridized carbons (Fsp3) is 0.783. The Bertz CT molecular complexity index is 856. The SMILES string of the molecule is COC1=CCC(C2O[C@@H]3[C@@H](CO)OC(N4C=NC5C4=NC=NC5NC4CCCC4)[C@@H]3O2)CC1. The van der Waals surface area contributed by atoms with E-state index in [1.807, 2.05) is 4.90 Å². The fourth-order valence-corrected chi connectivity index (χ4v) is 5.91. The Hall–Kier alpha value is -1.85. The first-order valence-electron chi connectivity index (χ1n) is 12.2. The van der Waals surface area contributed by atoms with Gasteiger partial charge in [0.25, 0.3) is 0 Å². The summed E-state index contributed by atoms with van der Waals surface area (Å²) in [6, 6.07) is 0.303. The van der Waals surface area contributed by atoms with Crippen LogP contribution in [0.4, 0.5) is 0 Å². The van der Waals surface area contributed by atoms with E-state index >= 15 is 0 Å². The molecule has 1 saturated carbocycles. The van der Waals surface area contributed by atoms with Gasteiger partial charge in [0, 0.05) is 18.4 Å². The number of ether oxygens (including phenoxy) is 4. The number of nitrogens with zero attached hydrogens (tertiary/aromatic N) is 4. The third-order valence-electron chi connectivity index (χ3n) is 7.74. The summed E-state index contributed by atoms with van der Waals surface area (Å²) in [6.45, 7) is -0.125. The van der Waals surface area contributed by atoms with Gasteiger partial charge in [-0.1, -0.05) is 12.8 Å². The van der Waals surface area contributed by atoms with E-state index in [-0.39, 0.29) is 43.2 Å². The van der Waals surface area contributed by atoms with Gasteiger partial charge in [0.2, 0.25) is 0 Å². The van der Waals surface area contributed by atoms with E-state index in [9.17, 15) is 5.11 Å². The standard InChI is InChI=1S/C23H33N5O5/c1-30-15-8-6-13(7-9-15)23-32-18-16(10-29)31-22(19(18)33-23)28-12-26-17-20(24-11-25-21(17)28)27-14-4-2-3-5-14/h8,11-14,16-20,22-23,27,29H,2-7,9-10H2,1H3/t13?,16-,17?,18-,19-,20?,22?,23?/m1/s1. The van der Waals surface area contributed by atoms with Gasteiger partial charge in [-0.25, -0.2) is 4.99 Å². The number of aliphatic hydroxyl groups is 1. The first kappa shape index (κ1) is 21.7. The number of methoxy groups -OCH3 is 1. The van der Waals surface area contributed by atoms with E-state index < -0.39 is 12.3 Å². The minimum absolute atomic E-state index is 0.120. The van der Waals surface area contributed by atoms with Crippen LogP contribution in [0.1, 0.15) is 44.9 Å². The number of nitrogens with one attached hydrogen (secondary N) is 1. The molecule has 5 unspecified atom stereocenters. The molecule has 0 spiro atoms. The summed E-state index contributed by atoms with van der Waals surface area (Å²) >= 11 is 0. The lowest BCUT2D eigenvalue weighted by atomic mass is 9.93. The summed E-state index contributed by atoms with van der Waals surface area (Å²) in [5.41, 5.74) is 0. The lowest BCUT2D eigenvalue weighted by Gasteiger charge is -2.32. The summed E-state index contributed by atoms with van der Waals surface area (Å²) in [4.78, 5) is 15.8. The minimum Gasteiger partial charge on any atom is -0.501 e. The van der Waals surface area contributed by atoms with Crippen molar-refractivity contribution in [1.82, 2.24) is 10.2 Å². The van der Waals surface area contributed by atoms with E-state index in [0.717, 1.165) is 30.9 Å². The molecular weight excluding hydrogens is 426 g/mol. The van der Waals surface area contributed by atoms with Gasteiger partial charge in [0.15, 0.2) is 12.5 Å². The van der Waals surface area contributed by atoms with Gasteiger partial charge in [-0.05, 0) is 31.8 Å². The van der Waals surface area contributed by atoms with Crippen LogP contribution in [0.5, 0.6) is 0 Å². The number of hydrogen-bond acceptors (Lipinski definition) is 10. The highest BCUT2D eigenvalue weighted by Gasteiger charge is 2.57. The van der Waals surface area contributed by atoms with Crippen LogP contribution in [0.25, 0.3) is 0 Å². The van der Waals surface area contributed by atoms with Crippen LogP contribution < -0.4 is 5.32 Å². The maximum Gasteiger partial charge on any atom is 0.165 e. The van der Waals surface area contributed by atoms with Crippen molar-refractivity contribution >= 4 is 18.5 Å². The Labute approximate surface area is 193 Å². The van der Waals surface area contributed by atoms with Gasteiger partial charge >= 0.3 is 0 Å². The van der Waals surface area contributed by atoms with Crippen LogP contribution in [0, 0.1) is 5.92 Å². The van der Waals surface area contributed by atoms with E-state index in [2.05, 4.69) is 21.4 Å². The molecule has 0 bridgehead atoms. The van der Waals surface area contributed by atoms with Gasteiger partial charge in [-0.2, -0.15) is 0 Å². The van der Waals surface area contributed by atoms with E-state index in [0.29, 0.717) is 6.04 Å². The molecule has 0 aromatic carbocycles. The molecule has 3 fully saturated rings. The molecule has 6 aliphatic rings. The number of aliphatic imine (C=N–C) groups is 3. The Morgan fingerprint density at radius 1 is 1.15 bits per heavy atom. The van der Waals surface area contributed by atoms with Crippen LogP contribution >= 0.6 is 0 Å². The number of hydrogen-bond donors (Lipinski definition) is 2. The first-order valence-corrected chi connectivity index (χ1v) is 12.2. The Morgan fingerprint density at radius 3 is 2.76 bits per heavy atom. The van der Waals surface area contributed by atoms with Crippen LogP contribution in [0.15, 0.2) is 26.8 Å². The highest BCUT2D eigenvalue weighted by atomic mass is 16.8. The van der Waals surface area contributed by atoms with Crippen molar-refractivity contribution in [3.8, 4) is 0 Å². The number of amidine groups is 1. The molecule has 10 heteroatoms. The van der Waals surface area contributed by atoms with Gasteiger partial charge in [0.1, 0.15) is 42.7 Å². The maximum atomic E-state index is 9.97. The predicted molar refractivity (Wildman–Crippen MR) is 121 cm³/mol. The summed E-state index contributed by atoms with van der Waals surface area (Å²) in [5.74, 6) is 2.09. The van der Waals surface area contributed by atoms with E-state index in [1.165, 1.54) is 25.7 Å². The smallest absolute Gasteiger partial charge is 0.165 e. The normalized spacial score (nSPS) is 42.4. The lowest BCUT2D eigenvalue weighted by molar-refractivity contribution is -0.170. The van der Waals surface area contributed by atoms with Crippen molar-refractivity contribution in [1.29, 1.82) is 0 Å². The number of allylic oxidation sites excluding steroid dienone is 2. The monoisotopic (exact) mass is 459 g/mol. The molecule has 4 aliphatic heterocycles. The molecule has 10 nitrogen and oxygen atoms in total. The summed E-state index contributed by atoms with van der Waals surface area (Å²) in [6.07, 6.45) is 11.1. The molecule has 4 heterocycles. The highest BCUT2D eigenvalue weighted by molar-refractivity contribution is 6.05. The second-order valence-electron chi connectivity index (χ2n) is 9.69. The second kappa shape index (κ2) is 9.07. The Balaban J connectivity index is 1.16. The Morgan fingerprint density at radius 2 is 2.00 bits per heavy atom. The van der Waals surface area contributed by atoms with Crippen LogP contribution in [0.3, 0.4) is 0 Å². The molecule has 0 aromatic rings. The highest BCUT2D eigenvalue weighted by Crippen LogP contribution is 2.41. The van der Waals surface area contributed by atoms with E-state index in [1.54, 1.807) is 19.8 Å². The molecule has 6 rings (SSSR count). The minimum atomic E-state index is -0.448. The van der Waals surface area contributed by atoms with Crippen molar-refractivity contribution in [2.75, 3.05) is 13.7 Å². The Kier molecular flexibility index (Phi) is 5.95. The van der Waals surface area contributed by atoms with Crippen LogP contribution in [-0.2, 0) is 18.9 Å². The van der Waals surface area contributed by atoms with Crippen molar-refractivity contribution in [3.05, 3.63) is 11.8 Å². The zero-order chi connectivity index (χ0) is 22.4. The van der Waals surface area contributed by atoms with Gasteiger partial charge in [-0.15, -0.1) is 0 Å².